The summed E-state index contributed by atoms with van der Waals surface area (Å²) in [4.78, 5) is 10.7. The molecule has 1 saturated heterocycles. The Labute approximate surface area is 104 Å². The average Bonchev–Trinajstić information content (AvgIpc) is 2.33. The Morgan fingerprint density at radius 1 is 1.24 bits per heavy atom. The fourth-order valence-electron chi connectivity index (χ4n) is 3.41. The highest BCUT2D eigenvalue weighted by Crippen LogP contribution is 2.45. The van der Waals surface area contributed by atoms with Gasteiger partial charge < -0.3 is 10.1 Å². The van der Waals surface area contributed by atoms with Crippen LogP contribution in [0, 0.1) is 11.3 Å². The third kappa shape index (κ3) is 3.70. The van der Waals surface area contributed by atoms with Gasteiger partial charge in [-0.25, -0.2) is 0 Å². The Morgan fingerprint density at radius 3 is 2.47 bits per heavy atom. The summed E-state index contributed by atoms with van der Waals surface area (Å²) in [5.41, 5.74) is 0.656. The van der Waals surface area contributed by atoms with Gasteiger partial charge in [-0.1, -0.05) is 0 Å². The third-order valence-electron chi connectivity index (χ3n) is 4.66. The largest absolute Gasteiger partial charge is 0.466 e. The zero-order valence-electron chi connectivity index (χ0n) is 11.0. The third-order valence-corrected chi connectivity index (χ3v) is 4.66. The van der Waals surface area contributed by atoms with E-state index in [0.29, 0.717) is 12.0 Å². The number of esters is 1. The van der Waals surface area contributed by atoms with Crippen molar-refractivity contribution in [1.82, 2.24) is 5.32 Å². The number of hydrogen-bond donors (Lipinski definition) is 1. The van der Waals surface area contributed by atoms with Gasteiger partial charge in [0.25, 0.3) is 0 Å². The van der Waals surface area contributed by atoms with Crippen molar-refractivity contribution < 1.29 is 9.53 Å². The lowest BCUT2D eigenvalue weighted by Crippen LogP contribution is -2.39. The first-order chi connectivity index (χ1) is 8.20. The van der Waals surface area contributed by atoms with E-state index in [9.17, 15) is 4.79 Å². The number of ether oxygens (including phenoxy) is 1. The monoisotopic (exact) mass is 239 g/mol. The summed E-state index contributed by atoms with van der Waals surface area (Å²) in [6.45, 7) is 4.52. The van der Waals surface area contributed by atoms with Crippen molar-refractivity contribution in [2.75, 3.05) is 19.7 Å². The Kier molecular flexibility index (Phi) is 4.43. The average molecular weight is 239 g/mol. The van der Waals surface area contributed by atoms with E-state index in [1.807, 2.05) is 0 Å². The van der Waals surface area contributed by atoms with Crippen LogP contribution in [0.2, 0.25) is 0 Å². The summed E-state index contributed by atoms with van der Waals surface area (Å²) in [6.07, 6.45) is 9.24. The standard InChI is InChI=1S/C14H25NO2/c1-12(16)17-11-4-13-2-5-14(6-3-13)7-9-15-10-8-14/h13,15H,2-11H2,1H3. The van der Waals surface area contributed by atoms with Crippen LogP contribution in [0.4, 0.5) is 0 Å². The second kappa shape index (κ2) is 5.85. The van der Waals surface area contributed by atoms with E-state index in [1.165, 1.54) is 58.5 Å². The lowest BCUT2D eigenvalue weighted by Gasteiger charge is -2.43. The van der Waals surface area contributed by atoms with Crippen molar-refractivity contribution in [2.45, 2.75) is 51.9 Å². The van der Waals surface area contributed by atoms with Crippen LogP contribution in [0.25, 0.3) is 0 Å². The minimum absolute atomic E-state index is 0.143. The fraction of sp³-hybridized carbons (Fsp3) is 0.929. The van der Waals surface area contributed by atoms with E-state index in [-0.39, 0.29) is 5.97 Å². The highest BCUT2D eigenvalue weighted by atomic mass is 16.5. The van der Waals surface area contributed by atoms with Gasteiger partial charge in [0, 0.05) is 6.92 Å². The van der Waals surface area contributed by atoms with Gasteiger partial charge in [0.05, 0.1) is 6.61 Å². The van der Waals surface area contributed by atoms with Gasteiger partial charge in [0.2, 0.25) is 0 Å². The highest BCUT2D eigenvalue weighted by molar-refractivity contribution is 5.65. The van der Waals surface area contributed by atoms with Crippen LogP contribution in [0.15, 0.2) is 0 Å². The van der Waals surface area contributed by atoms with Crippen LogP contribution < -0.4 is 5.32 Å². The zero-order valence-corrected chi connectivity index (χ0v) is 11.0. The molecule has 2 fully saturated rings. The summed E-state index contributed by atoms with van der Waals surface area (Å²) >= 11 is 0. The van der Waals surface area contributed by atoms with Gasteiger partial charge in [-0.2, -0.15) is 0 Å². The van der Waals surface area contributed by atoms with Crippen LogP contribution in [-0.4, -0.2) is 25.7 Å². The van der Waals surface area contributed by atoms with Crippen molar-refractivity contribution in [3.63, 3.8) is 0 Å². The SMILES string of the molecule is CC(=O)OCCC1CCC2(CCNCC2)CC1. The maximum absolute atomic E-state index is 10.7. The molecular weight excluding hydrogens is 214 g/mol. The van der Waals surface area contributed by atoms with E-state index < -0.39 is 0 Å². The van der Waals surface area contributed by atoms with E-state index in [4.69, 9.17) is 4.74 Å². The minimum Gasteiger partial charge on any atom is -0.466 e. The first kappa shape index (κ1) is 12.9. The number of rotatable bonds is 3. The first-order valence-electron chi connectivity index (χ1n) is 7.04. The highest BCUT2D eigenvalue weighted by Gasteiger charge is 2.35. The number of hydrogen-bond acceptors (Lipinski definition) is 3. The quantitative estimate of drug-likeness (QED) is 0.769. The van der Waals surface area contributed by atoms with Gasteiger partial charge in [-0.15, -0.1) is 0 Å². The Balaban J connectivity index is 1.68. The lowest BCUT2D eigenvalue weighted by molar-refractivity contribution is -0.141. The van der Waals surface area contributed by atoms with Gasteiger partial charge >= 0.3 is 5.97 Å². The molecule has 3 nitrogen and oxygen atoms in total. The van der Waals surface area contributed by atoms with Gasteiger partial charge in [0.1, 0.15) is 0 Å². The Hall–Kier alpha value is -0.570. The molecule has 0 radical (unpaired) electrons. The fourth-order valence-corrected chi connectivity index (χ4v) is 3.41. The molecule has 0 amide bonds. The Bertz CT molecular complexity index is 249. The van der Waals surface area contributed by atoms with Crippen molar-refractivity contribution in [1.29, 1.82) is 0 Å². The molecule has 2 aliphatic rings. The zero-order chi connectivity index (χ0) is 12.1. The number of carbonyl (C=O) groups excluding carboxylic acids is 1. The van der Waals surface area contributed by atoms with Crippen molar-refractivity contribution in [3.8, 4) is 0 Å². The molecule has 1 N–H and O–H groups in total. The molecule has 0 aromatic heterocycles. The molecule has 1 spiro atoms. The predicted molar refractivity (Wildman–Crippen MR) is 67.7 cm³/mol. The molecule has 98 valence electrons. The molecule has 0 unspecified atom stereocenters. The van der Waals surface area contributed by atoms with Crippen molar-refractivity contribution >= 4 is 5.97 Å². The van der Waals surface area contributed by atoms with Crippen LogP contribution in [0.1, 0.15) is 51.9 Å². The molecule has 0 aromatic rings. The lowest BCUT2D eigenvalue weighted by atomic mass is 9.65. The number of piperidine rings is 1. The second-order valence-electron chi connectivity index (χ2n) is 5.82. The van der Waals surface area contributed by atoms with E-state index >= 15 is 0 Å². The summed E-state index contributed by atoms with van der Waals surface area (Å²) in [7, 11) is 0. The van der Waals surface area contributed by atoms with Gasteiger partial charge in [-0.05, 0) is 69.4 Å². The molecule has 17 heavy (non-hydrogen) atoms. The van der Waals surface area contributed by atoms with Gasteiger partial charge in [-0.3, -0.25) is 4.79 Å². The van der Waals surface area contributed by atoms with E-state index in [2.05, 4.69) is 5.32 Å². The Morgan fingerprint density at radius 2 is 1.88 bits per heavy atom. The summed E-state index contributed by atoms with van der Waals surface area (Å²) < 4.78 is 5.03. The molecule has 3 heteroatoms. The molecule has 0 atom stereocenters. The summed E-state index contributed by atoms with van der Waals surface area (Å²) in [5.74, 6) is 0.644. The predicted octanol–water partition coefficient (Wildman–Crippen LogP) is 2.50. The smallest absolute Gasteiger partial charge is 0.302 e. The van der Waals surface area contributed by atoms with Crippen LogP contribution in [0.3, 0.4) is 0 Å². The first-order valence-corrected chi connectivity index (χ1v) is 7.04. The van der Waals surface area contributed by atoms with Crippen LogP contribution in [-0.2, 0) is 9.53 Å². The molecule has 0 bridgehead atoms. The van der Waals surface area contributed by atoms with E-state index in [0.717, 1.165) is 12.3 Å². The normalized spacial score (nSPS) is 24.8. The topological polar surface area (TPSA) is 38.3 Å². The summed E-state index contributed by atoms with van der Waals surface area (Å²) in [5, 5.41) is 3.46. The number of nitrogens with one attached hydrogen (secondary N) is 1. The number of carbonyl (C=O) groups is 1. The molecule has 0 aromatic carbocycles. The minimum atomic E-state index is -0.143. The molecule has 2 rings (SSSR count). The van der Waals surface area contributed by atoms with Crippen LogP contribution in [0.5, 0.6) is 0 Å². The molecular formula is C14H25NO2. The second-order valence-corrected chi connectivity index (χ2v) is 5.82. The molecule has 1 aliphatic carbocycles. The van der Waals surface area contributed by atoms with Gasteiger partial charge in [0.15, 0.2) is 0 Å². The summed E-state index contributed by atoms with van der Waals surface area (Å²) in [6, 6.07) is 0. The molecule has 1 aliphatic heterocycles. The molecule has 1 heterocycles. The maximum Gasteiger partial charge on any atom is 0.302 e. The van der Waals surface area contributed by atoms with Crippen molar-refractivity contribution in [3.05, 3.63) is 0 Å². The van der Waals surface area contributed by atoms with E-state index in [1.54, 1.807) is 0 Å². The van der Waals surface area contributed by atoms with Crippen LogP contribution >= 0.6 is 0 Å². The molecule has 1 saturated carbocycles. The van der Waals surface area contributed by atoms with Crippen molar-refractivity contribution in [2.24, 2.45) is 11.3 Å². The maximum atomic E-state index is 10.7.